The lowest BCUT2D eigenvalue weighted by Gasteiger charge is -2.14. The molecule has 4 rings (SSSR count). The third-order valence-corrected chi connectivity index (χ3v) is 6.06. The van der Waals surface area contributed by atoms with Crippen LogP contribution in [0.2, 0.25) is 0 Å². The van der Waals surface area contributed by atoms with Crippen molar-refractivity contribution in [3.05, 3.63) is 84.1 Å². The van der Waals surface area contributed by atoms with E-state index >= 15 is 0 Å². The summed E-state index contributed by atoms with van der Waals surface area (Å²) in [6, 6.07) is 19.8. The number of aliphatic carboxylic acids is 1. The quantitative estimate of drug-likeness (QED) is 0.355. The van der Waals surface area contributed by atoms with E-state index in [0.717, 1.165) is 16.7 Å². The smallest absolute Gasteiger partial charge is 0.326 e. The lowest BCUT2D eigenvalue weighted by atomic mass is 10.0. The van der Waals surface area contributed by atoms with Crippen LogP contribution in [0.4, 0.5) is 0 Å². The van der Waals surface area contributed by atoms with Gasteiger partial charge < -0.3 is 19.6 Å². The number of rotatable bonds is 8. The Morgan fingerprint density at radius 1 is 1.06 bits per heavy atom. The van der Waals surface area contributed by atoms with Crippen molar-refractivity contribution in [3.63, 3.8) is 0 Å². The Kier molecular flexibility index (Phi) is 6.76. The molecule has 34 heavy (non-hydrogen) atoms. The molecule has 2 unspecified atom stereocenters. The third kappa shape index (κ3) is 5.16. The summed E-state index contributed by atoms with van der Waals surface area (Å²) in [6.07, 6.45) is 0.0856. The molecule has 4 N–H and O–H groups in total. The van der Waals surface area contributed by atoms with Gasteiger partial charge in [0.2, 0.25) is 0 Å². The van der Waals surface area contributed by atoms with Gasteiger partial charge in [-0.2, -0.15) is 0 Å². The van der Waals surface area contributed by atoms with Crippen molar-refractivity contribution in [2.24, 2.45) is 5.14 Å². The molecule has 0 bridgehead atoms. The number of benzene rings is 3. The number of amides is 1. The minimum absolute atomic E-state index is 0.0158. The summed E-state index contributed by atoms with van der Waals surface area (Å²) < 4.78 is 22.3. The van der Waals surface area contributed by atoms with E-state index in [1.54, 1.807) is 54.6 Å². The molecule has 9 heteroatoms. The monoisotopic (exact) mass is 478 g/mol. The minimum atomic E-state index is -1.58. The van der Waals surface area contributed by atoms with Crippen molar-refractivity contribution in [1.82, 2.24) is 5.32 Å². The maximum absolute atomic E-state index is 12.7. The number of nitrogens with one attached hydrogen (secondary N) is 1. The molecule has 174 valence electrons. The first-order valence-corrected chi connectivity index (χ1v) is 11.5. The molecule has 0 aliphatic rings. The fourth-order valence-electron chi connectivity index (χ4n) is 3.56. The number of nitrogens with two attached hydrogens (primary N) is 1. The van der Waals surface area contributed by atoms with Gasteiger partial charge in [0.1, 0.15) is 28.4 Å². The van der Waals surface area contributed by atoms with Gasteiger partial charge in [-0.05, 0) is 53.1 Å². The second-order valence-electron chi connectivity index (χ2n) is 7.60. The van der Waals surface area contributed by atoms with Gasteiger partial charge >= 0.3 is 5.97 Å². The number of fused-ring (bicyclic) bond motifs is 1. The van der Waals surface area contributed by atoms with Gasteiger partial charge in [0.15, 0.2) is 5.76 Å². The number of carboxylic acid groups (broad SMARTS) is 1. The van der Waals surface area contributed by atoms with E-state index < -0.39 is 28.9 Å². The zero-order valence-electron chi connectivity index (χ0n) is 18.2. The number of hydrogen-bond donors (Lipinski definition) is 3. The molecule has 8 nitrogen and oxygen atoms in total. The number of hydrogen-bond acceptors (Lipinski definition) is 5. The summed E-state index contributed by atoms with van der Waals surface area (Å²) in [5, 5.41) is 18.3. The molecule has 0 fully saturated rings. The highest BCUT2D eigenvalue weighted by Gasteiger charge is 2.23. The highest BCUT2D eigenvalue weighted by atomic mass is 32.2. The Bertz CT molecular complexity index is 1380. The Balaban J connectivity index is 1.48. The standard InChI is InChI=1S/C25H22N2O6S/c1-32-19-9-10-22-18(12-19)14-23(33-22)24(28)27-21(25(29)30)11-15-5-7-16(8-6-15)17-3-2-4-20(13-17)34(26)31/h2-10,12-14,21H,11,26H2,1H3,(H,27,28)(H,29,30). The zero-order chi connectivity index (χ0) is 24.2. The van der Waals surface area contributed by atoms with E-state index in [1.807, 2.05) is 18.2 Å². The van der Waals surface area contributed by atoms with Crippen LogP contribution in [0.1, 0.15) is 16.1 Å². The minimum Gasteiger partial charge on any atom is -0.497 e. The van der Waals surface area contributed by atoms with Crippen molar-refractivity contribution < 1.29 is 28.1 Å². The third-order valence-electron chi connectivity index (χ3n) is 5.34. The molecule has 2 atom stereocenters. The summed E-state index contributed by atoms with van der Waals surface area (Å²) in [5.41, 5.74) is 2.93. The molecular weight excluding hydrogens is 456 g/mol. The maximum atomic E-state index is 12.7. The Labute approximate surface area is 197 Å². The van der Waals surface area contributed by atoms with E-state index in [1.165, 1.54) is 7.11 Å². The van der Waals surface area contributed by atoms with Crippen LogP contribution in [-0.2, 0) is 22.2 Å². The Morgan fingerprint density at radius 3 is 2.50 bits per heavy atom. The van der Waals surface area contributed by atoms with Gasteiger partial charge in [0, 0.05) is 11.8 Å². The fraction of sp³-hybridized carbons (Fsp3) is 0.120. The second kappa shape index (κ2) is 9.90. The van der Waals surface area contributed by atoms with Gasteiger partial charge in [0.25, 0.3) is 5.91 Å². The number of ether oxygens (including phenoxy) is 1. The summed E-state index contributed by atoms with van der Waals surface area (Å²) in [5.74, 6) is -1.14. The maximum Gasteiger partial charge on any atom is 0.326 e. The molecule has 0 aliphatic carbocycles. The van der Waals surface area contributed by atoms with Crippen molar-refractivity contribution in [1.29, 1.82) is 0 Å². The van der Waals surface area contributed by atoms with Crippen LogP contribution < -0.4 is 15.2 Å². The van der Waals surface area contributed by atoms with Crippen molar-refractivity contribution in [3.8, 4) is 16.9 Å². The zero-order valence-corrected chi connectivity index (χ0v) is 19.0. The summed E-state index contributed by atoms with van der Waals surface area (Å²) in [6.45, 7) is 0. The lowest BCUT2D eigenvalue weighted by Crippen LogP contribution is -2.42. The topological polar surface area (TPSA) is 132 Å². The van der Waals surface area contributed by atoms with E-state index in [4.69, 9.17) is 14.3 Å². The van der Waals surface area contributed by atoms with Gasteiger partial charge in [-0.3, -0.25) is 4.79 Å². The molecule has 0 radical (unpaired) electrons. The molecule has 0 aliphatic heterocycles. The van der Waals surface area contributed by atoms with E-state index in [0.29, 0.717) is 21.6 Å². The first-order chi connectivity index (χ1) is 16.3. The average molecular weight is 479 g/mol. The van der Waals surface area contributed by atoms with Gasteiger partial charge in [-0.25, -0.2) is 14.1 Å². The molecule has 0 saturated heterocycles. The van der Waals surface area contributed by atoms with Gasteiger partial charge in [-0.1, -0.05) is 36.4 Å². The summed E-state index contributed by atoms with van der Waals surface area (Å²) in [7, 11) is -0.0388. The molecule has 1 aromatic heterocycles. The number of carboxylic acids is 1. The van der Waals surface area contributed by atoms with Crippen LogP contribution >= 0.6 is 0 Å². The van der Waals surface area contributed by atoms with Crippen LogP contribution in [-0.4, -0.2) is 34.3 Å². The molecule has 1 amide bonds. The van der Waals surface area contributed by atoms with Gasteiger partial charge in [-0.15, -0.1) is 0 Å². The van der Waals surface area contributed by atoms with Crippen LogP contribution in [0.15, 0.2) is 82.1 Å². The summed E-state index contributed by atoms with van der Waals surface area (Å²) in [4.78, 5) is 25.0. The fourth-order valence-corrected chi connectivity index (χ4v) is 4.02. The van der Waals surface area contributed by atoms with Crippen LogP contribution in [0.5, 0.6) is 5.75 Å². The van der Waals surface area contributed by atoms with Gasteiger partial charge in [0.05, 0.1) is 12.0 Å². The molecular formula is C25H22N2O6S. The Morgan fingerprint density at radius 2 is 1.82 bits per heavy atom. The van der Waals surface area contributed by atoms with Crippen LogP contribution in [0.25, 0.3) is 22.1 Å². The van der Waals surface area contributed by atoms with E-state index in [2.05, 4.69) is 5.32 Å². The van der Waals surface area contributed by atoms with Crippen molar-refractivity contribution in [2.75, 3.05) is 7.11 Å². The first-order valence-electron chi connectivity index (χ1n) is 10.3. The Hall–Kier alpha value is -3.95. The summed E-state index contributed by atoms with van der Waals surface area (Å²) >= 11 is 0. The molecule has 0 saturated carbocycles. The first kappa shape index (κ1) is 23.2. The second-order valence-corrected chi connectivity index (χ2v) is 8.67. The predicted octanol–water partition coefficient (Wildman–Crippen LogP) is 3.52. The lowest BCUT2D eigenvalue weighted by molar-refractivity contribution is -0.139. The molecule has 3 aromatic carbocycles. The normalized spacial score (nSPS) is 12.8. The highest BCUT2D eigenvalue weighted by molar-refractivity contribution is 7.82. The van der Waals surface area contributed by atoms with E-state index in [-0.39, 0.29) is 12.2 Å². The largest absolute Gasteiger partial charge is 0.497 e. The predicted molar refractivity (Wildman–Crippen MR) is 128 cm³/mol. The van der Waals surface area contributed by atoms with E-state index in [9.17, 15) is 18.9 Å². The number of carbonyl (C=O) groups is 2. The SMILES string of the molecule is COc1ccc2oc(C(=O)NC(Cc3ccc(-c4cccc(S(N)=O)c4)cc3)C(=O)O)cc2c1. The number of carbonyl (C=O) groups excluding carboxylic acids is 1. The number of methoxy groups -OCH3 is 1. The van der Waals surface area contributed by atoms with Crippen LogP contribution in [0.3, 0.4) is 0 Å². The van der Waals surface area contributed by atoms with Crippen molar-refractivity contribution in [2.45, 2.75) is 17.4 Å². The highest BCUT2D eigenvalue weighted by Crippen LogP contribution is 2.25. The molecule has 1 heterocycles. The van der Waals surface area contributed by atoms with Crippen LogP contribution in [0, 0.1) is 0 Å². The van der Waals surface area contributed by atoms with Crippen molar-refractivity contribution >= 4 is 33.8 Å². The number of furan rings is 1. The molecule has 0 spiro atoms. The average Bonchev–Trinajstić information content (AvgIpc) is 3.27. The molecule has 4 aromatic rings.